The second kappa shape index (κ2) is 7.85. The number of likely N-dealkylation sites (tertiary alicyclic amines) is 1. The highest BCUT2D eigenvalue weighted by Gasteiger charge is 2.40. The van der Waals surface area contributed by atoms with Crippen LogP contribution in [-0.2, 0) is 9.47 Å². The van der Waals surface area contributed by atoms with Gasteiger partial charge >= 0.3 is 0 Å². The fourth-order valence-electron chi connectivity index (χ4n) is 4.42. The lowest BCUT2D eigenvalue weighted by Gasteiger charge is -2.19. The quantitative estimate of drug-likeness (QED) is 0.536. The molecule has 1 N–H and O–H groups in total. The molecule has 2 aliphatic rings. The lowest BCUT2D eigenvalue weighted by atomic mass is 10.2. The van der Waals surface area contributed by atoms with Crippen LogP contribution in [0.4, 0.5) is 0 Å². The summed E-state index contributed by atoms with van der Waals surface area (Å²) in [5.41, 5.74) is 3.82. The molecular formula is C23H22N6O3. The number of hydrogen-bond acceptors (Lipinski definition) is 6. The molecule has 9 nitrogen and oxygen atoms in total. The molecular weight excluding hydrogens is 408 g/mol. The van der Waals surface area contributed by atoms with Crippen molar-refractivity contribution in [1.82, 2.24) is 29.6 Å². The molecule has 162 valence electrons. The van der Waals surface area contributed by atoms with Crippen LogP contribution in [0.3, 0.4) is 0 Å². The van der Waals surface area contributed by atoms with E-state index in [-0.39, 0.29) is 24.2 Å². The fraction of sp³-hybridized carbons (Fsp3) is 0.304. The standard InChI is InChI=1S/C23H22N6O3/c30-23(19-9-18(26-27-19)16-5-3-4-8-24-16)28-10-21-22(11-28)32-13-15(12-31-21)29-14-25-17-6-1-2-7-20(17)29/h1-9,14-15,21-22H,10-13H2,(H,26,27)/t21-,22-/m0/s1. The number of aromatic amines is 1. The van der Waals surface area contributed by atoms with Gasteiger partial charge in [-0.05, 0) is 30.3 Å². The normalized spacial score (nSPS) is 21.6. The van der Waals surface area contributed by atoms with E-state index < -0.39 is 0 Å². The summed E-state index contributed by atoms with van der Waals surface area (Å²) >= 11 is 0. The predicted molar refractivity (Wildman–Crippen MR) is 116 cm³/mol. The summed E-state index contributed by atoms with van der Waals surface area (Å²) in [5.74, 6) is -0.114. The number of benzene rings is 1. The third-order valence-electron chi connectivity index (χ3n) is 6.12. The molecule has 2 saturated heterocycles. The Kier molecular flexibility index (Phi) is 4.70. The van der Waals surface area contributed by atoms with Gasteiger partial charge in [0.25, 0.3) is 5.91 Å². The Morgan fingerprint density at radius 1 is 0.969 bits per heavy atom. The van der Waals surface area contributed by atoms with E-state index in [4.69, 9.17) is 9.47 Å². The fourth-order valence-corrected chi connectivity index (χ4v) is 4.42. The first-order valence-electron chi connectivity index (χ1n) is 10.7. The Morgan fingerprint density at radius 3 is 2.53 bits per heavy atom. The lowest BCUT2D eigenvalue weighted by Crippen LogP contribution is -2.31. The van der Waals surface area contributed by atoms with Crippen molar-refractivity contribution in [3.63, 3.8) is 0 Å². The largest absolute Gasteiger partial charge is 0.371 e. The van der Waals surface area contributed by atoms with Crippen LogP contribution in [0.25, 0.3) is 22.4 Å². The number of H-pyrrole nitrogens is 1. The van der Waals surface area contributed by atoms with Gasteiger partial charge < -0.3 is 18.9 Å². The Labute approximate surface area is 184 Å². The van der Waals surface area contributed by atoms with Gasteiger partial charge in [-0.25, -0.2) is 4.98 Å². The van der Waals surface area contributed by atoms with Crippen molar-refractivity contribution in [2.45, 2.75) is 18.2 Å². The molecule has 9 heteroatoms. The Morgan fingerprint density at radius 2 is 1.75 bits per heavy atom. The Hall–Kier alpha value is -3.56. The minimum Gasteiger partial charge on any atom is -0.371 e. The number of carbonyl (C=O) groups is 1. The number of aromatic nitrogens is 5. The maximum Gasteiger partial charge on any atom is 0.272 e. The zero-order valence-corrected chi connectivity index (χ0v) is 17.3. The molecule has 0 radical (unpaired) electrons. The molecule has 5 heterocycles. The third kappa shape index (κ3) is 3.35. The minimum atomic E-state index is -0.156. The monoisotopic (exact) mass is 430 g/mol. The summed E-state index contributed by atoms with van der Waals surface area (Å²) < 4.78 is 14.5. The number of pyridine rings is 1. The summed E-state index contributed by atoms with van der Waals surface area (Å²) in [6.07, 6.45) is 3.23. The van der Waals surface area contributed by atoms with E-state index in [1.807, 2.05) is 42.7 Å². The van der Waals surface area contributed by atoms with Crippen molar-refractivity contribution in [3.8, 4) is 11.4 Å². The van der Waals surface area contributed by atoms with Gasteiger partial charge in [0.1, 0.15) is 23.6 Å². The maximum atomic E-state index is 13.0. The minimum absolute atomic E-state index is 0.0469. The zero-order chi connectivity index (χ0) is 21.5. The van der Waals surface area contributed by atoms with Gasteiger partial charge in [0, 0.05) is 19.3 Å². The average molecular weight is 430 g/mol. The first-order chi connectivity index (χ1) is 15.8. The second-order valence-electron chi connectivity index (χ2n) is 8.13. The van der Waals surface area contributed by atoms with E-state index in [0.717, 1.165) is 16.7 Å². The number of rotatable bonds is 3. The molecule has 0 unspecified atom stereocenters. The third-order valence-corrected chi connectivity index (χ3v) is 6.12. The maximum absolute atomic E-state index is 13.0. The first kappa shape index (κ1) is 19.1. The highest BCUT2D eigenvalue weighted by Crippen LogP contribution is 2.27. The molecule has 1 amide bonds. The van der Waals surface area contributed by atoms with Crippen molar-refractivity contribution in [2.24, 2.45) is 0 Å². The molecule has 4 aromatic rings. The lowest BCUT2D eigenvalue weighted by molar-refractivity contribution is -0.00461. The summed E-state index contributed by atoms with van der Waals surface area (Å²) in [7, 11) is 0. The van der Waals surface area contributed by atoms with Gasteiger partial charge in [0.2, 0.25) is 0 Å². The van der Waals surface area contributed by atoms with Crippen LogP contribution >= 0.6 is 0 Å². The SMILES string of the molecule is O=C(c1cc(-c2ccccn2)n[nH]1)N1C[C@@H]2OCC(n3cnc4ccccc43)CO[C@H]2C1. The van der Waals surface area contributed by atoms with Gasteiger partial charge in [-0.2, -0.15) is 5.10 Å². The number of imidazole rings is 1. The summed E-state index contributed by atoms with van der Waals surface area (Å²) in [6.45, 7) is 1.99. The zero-order valence-electron chi connectivity index (χ0n) is 17.3. The molecule has 0 saturated carbocycles. The second-order valence-corrected chi connectivity index (χ2v) is 8.13. The van der Waals surface area contributed by atoms with Crippen molar-refractivity contribution in [3.05, 3.63) is 66.7 Å². The molecule has 1 aromatic carbocycles. The number of carbonyl (C=O) groups excluding carboxylic acids is 1. The van der Waals surface area contributed by atoms with Crippen molar-refractivity contribution < 1.29 is 14.3 Å². The van der Waals surface area contributed by atoms with Gasteiger partial charge in [0.05, 0.1) is 42.3 Å². The summed E-state index contributed by atoms with van der Waals surface area (Å²) in [5, 5.41) is 7.09. The van der Waals surface area contributed by atoms with Gasteiger partial charge in [-0.3, -0.25) is 14.9 Å². The Balaban J connectivity index is 1.13. The van der Waals surface area contributed by atoms with Crippen molar-refractivity contribution in [2.75, 3.05) is 26.3 Å². The summed E-state index contributed by atoms with van der Waals surface area (Å²) in [6, 6.07) is 15.4. The van der Waals surface area contributed by atoms with E-state index in [0.29, 0.717) is 37.7 Å². The number of ether oxygens (including phenoxy) is 2. The van der Waals surface area contributed by atoms with Crippen molar-refractivity contribution in [1.29, 1.82) is 0 Å². The van der Waals surface area contributed by atoms with Crippen LogP contribution in [0, 0.1) is 0 Å². The van der Waals surface area contributed by atoms with E-state index in [1.54, 1.807) is 17.2 Å². The average Bonchev–Trinajstić information content (AvgIpc) is 3.56. The molecule has 32 heavy (non-hydrogen) atoms. The van der Waals surface area contributed by atoms with E-state index >= 15 is 0 Å². The number of hydrogen-bond donors (Lipinski definition) is 1. The molecule has 2 fully saturated rings. The molecule has 2 aliphatic heterocycles. The van der Waals surface area contributed by atoms with Crippen molar-refractivity contribution >= 4 is 16.9 Å². The van der Waals surface area contributed by atoms with Gasteiger partial charge in [-0.15, -0.1) is 0 Å². The number of fused-ring (bicyclic) bond motifs is 2. The van der Waals surface area contributed by atoms with Crippen LogP contribution in [0.2, 0.25) is 0 Å². The molecule has 6 rings (SSSR count). The van der Waals surface area contributed by atoms with Crippen LogP contribution in [-0.4, -0.2) is 74.1 Å². The summed E-state index contributed by atoms with van der Waals surface area (Å²) in [4.78, 5) is 23.5. The van der Waals surface area contributed by atoms with E-state index in [2.05, 4.69) is 30.8 Å². The van der Waals surface area contributed by atoms with Crippen LogP contribution in [0.15, 0.2) is 61.1 Å². The molecule has 0 aliphatic carbocycles. The molecule has 2 atom stereocenters. The van der Waals surface area contributed by atoms with Gasteiger partial charge in [0.15, 0.2) is 0 Å². The Bertz CT molecular complexity index is 1240. The first-order valence-corrected chi connectivity index (χ1v) is 10.7. The van der Waals surface area contributed by atoms with Crippen LogP contribution < -0.4 is 0 Å². The highest BCUT2D eigenvalue weighted by atomic mass is 16.6. The molecule has 0 spiro atoms. The smallest absolute Gasteiger partial charge is 0.272 e. The van der Waals surface area contributed by atoms with Crippen LogP contribution in [0.1, 0.15) is 16.5 Å². The van der Waals surface area contributed by atoms with Gasteiger partial charge in [-0.1, -0.05) is 18.2 Å². The number of para-hydroxylation sites is 2. The number of nitrogens with one attached hydrogen (secondary N) is 1. The van der Waals surface area contributed by atoms with Crippen LogP contribution in [0.5, 0.6) is 0 Å². The predicted octanol–water partition coefficient (Wildman–Crippen LogP) is 2.30. The topological polar surface area (TPSA) is 98.2 Å². The van der Waals surface area contributed by atoms with E-state index in [9.17, 15) is 4.79 Å². The number of nitrogens with zero attached hydrogens (tertiary/aromatic N) is 5. The molecule has 0 bridgehead atoms. The number of amides is 1. The van der Waals surface area contributed by atoms with E-state index in [1.165, 1.54) is 0 Å². The molecule has 3 aromatic heterocycles. The highest BCUT2D eigenvalue weighted by molar-refractivity contribution is 5.93.